The predicted octanol–water partition coefficient (Wildman–Crippen LogP) is 3.43. The fraction of sp³-hybridized carbons (Fsp3) is 0.381. The van der Waals surface area contributed by atoms with Crippen LogP contribution in [0.25, 0.3) is 5.69 Å². The van der Waals surface area contributed by atoms with Gasteiger partial charge in [0.15, 0.2) is 0 Å². The average molecular weight is 379 g/mol. The molecular weight excluding hydrogens is 354 g/mol. The number of benzene rings is 1. The summed E-state index contributed by atoms with van der Waals surface area (Å²) in [6.45, 7) is 4.68. The van der Waals surface area contributed by atoms with E-state index in [9.17, 15) is 4.79 Å². The maximum atomic E-state index is 12.7. The number of likely N-dealkylation sites (N-methyl/N-ethyl adjacent to an activating group) is 1. The summed E-state index contributed by atoms with van der Waals surface area (Å²) in [5.41, 5.74) is 3.87. The Bertz CT molecular complexity index is 953. The monoisotopic (exact) mass is 379 g/mol. The van der Waals surface area contributed by atoms with Crippen LogP contribution in [0.5, 0.6) is 0 Å². The molecule has 1 saturated carbocycles. The predicted molar refractivity (Wildman–Crippen MR) is 106 cm³/mol. The highest BCUT2D eigenvalue weighted by molar-refractivity contribution is 5.91. The zero-order valence-corrected chi connectivity index (χ0v) is 16.5. The molecule has 146 valence electrons. The van der Waals surface area contributed by atoms with Gasteiger partial charge in [0.05, 0.1) is 23.6 Å². The first-order valence-corrected chi connectivity index (χ1v) is 9.57. The van der Waals surface area contributed by atoms with Crippen LogP contribution in [0.15, 0.2) is 40.9 Å². The molecule has 0 spiro atoms. The van der Waals surface area contributed by atoms with Gasteiger partial charge < -0.3 is 9.84 Å². The van der Waals surface area contributed by atoms with Crippen molar-refractivity contribution in [3.8, 4) is 5.69 Å². The van der Waals surface area contributed by atoms with Gasteiger partial charge in [0, 0.05) is 24.1 Å². The SMILES string of the molecule is Cc1noc(C)c1CN(C)CC(=O)Nc1cc(C2CC2)nn1-c1ccccc1. The molecule has 7 nitrogen and oxygen atoms in total. The summed E-state index contributed by atoms with van der Waals surface area (Å²) in [6, 6.07) is 11.9. The molecule has 0 radical (unpaired) electrons. The van der Waals surface area contributed by atoms with E-state index in [1.165, 1.54) is 12.8 Å². The molecule has 1 aromatic carbocycles. The minimum absolute atomic E-state index is 0.0753. The van der Waals surface area contributed by atoms with Gasteiger partial charge in [-0.15, -0.1) is 0 Å². The number of aryl methyl sites for hydroxylation is 2. The largest absolute Gasteiger partial charge is 0.361 e. The Balaban J connectivity index is 1.46. The number of carbonyl (C=O) groups excluding carboxylic acids is 1. The van der Waals surface area contributed by atoms with Crippen molar-refractivity contribution in [3.05, 3.63) is 59.1 Å². The second kappa shape index (κ2) is 7.59. The molecule has 2 heterocycles. The lowest BCUT2D eigenvalue weighted by Crippen LogP contribution is -2.30. The molecule has 0 atom stereocenters. The van der Waals surface area contributed by atoms with Crippen molar-refractivity contribution in [3.63, 3.8) is 0 Å². The second-order valence-electron chi connectivity index (χ2n) is 7.50. The maximum absolute atomic E-state index is 12.7. The van der Waals surface area contributed by atoms with E-state index in [2.05, 4.69) is 10.5 Å². The van der Waals surface area contributed by atoms with E-state index in [0.29, 0.717) is 18.3 Å². The average Bonchev–Trinajstić information content (AvgIpc) is 3.38. The molecule has 1 aliphatic rings. The molecule has 2 aromatic heterocycles. The Hall–Kier alpha value is -2.93. The van der Waals surface area contributed by atoms with Crippen LogP contribution in [-0.2, 0) is 11.3 Å². The Morgan fingerprint density at radius 1 is 1.29 bits per heavy atom. The Kier molecular flexibility index (Phi) is 5.00. The third-order valence-electron chi connectivity index (χ3n) is 5.01. The number of aromatic nitrogens is 3. The van der Waals surface area contributed by atoms with E-state index in [1.807, 2.05) is 66.9 Å². The molecule has 1 amide bonds. The maximum Gasteiger partial charge on any atom is 0.239 e. The van der Waals surface area contributed by atoms with Gasteiger partial charge in [0.1, 0.15) is 11.6 Å². The van der Waals surface area contributed by atoms with Gasteiger partial charge in [-0.2, -0.15) is 5.10 Å². The van der Waals surface area contributed by atoms with Crippen molar-refractivity contribution in [1.82, 2.24) is 19.8 Å². The molecule has 0 bridgehead atoms. The van der Waals surface area contributed by atoms with E-state index in [-0.39, 0.29) is 12.5 Å². The van der Waals surface area contributed by atoms with Gasteiger partial charge in [-0.25, -0.2) is 4.68 Å². The lowest BCUT2D eigenvalue weighted by Gasteiger charge is -2.16. The van der Waals surface area contributed by atoms with Gasteiger partial charge in [0.25, 0.3) is 0 Å². The quantitative estimate of drug-likeness (QED) is 0.681. The number of rotatable bonds is 7. The van der Waals surface area contributed by atoms with Crippen LogP contribution in [0.2, 0.25) is 0 Å². The molecule has 28 heavy (non-hydrogen) atoms. The molecule has 1 fully saturated rings. The summed E-state index contributed by atoms with van der Waals surface area (Å²) >= 11 is 0. The highest BCUT2D eigenvalue weighted by Crippen LogP contribution is 2.40. The van der Waals surface area contributed by atoms with Crippen molar-refractivity contribution in [2.24, 2.45) is 0 Å². The lowest BCUT2D eigenvalue weighted by molar-refractivity contribution is -0.117. The first kappa shape index (κ1) is 18.4. The van der Waals surface area contributed by atoms with Crippen LogP contribution in [0.3, 0.4) is 0 Å². The second-order valence-corrected chi connectivity index (χ2v) is 7.50. The topological polar surface area (TPSA) is 76.2 Å². The fourth-order valence-electron chi connectivity index (χ4n) is 3.31. The summed E-state index contributed by atoms with van der Waals surface area (Å²) in [7, 11) is 1.91. The van der Waals surface area contributed by atoms with Gasteiger partial charge in [-0.1, -0.05) is 23.4 Å². The van der Waals surface area contributed by atoms with Crippen molar-refractivity contribution in [2.75, 3.05) is 18.9 Å². The van der Waals surface area contributed by atoms with Crippen LogP contribution in [-0.4, -0.2) is 39.3 Å². The Morgan fingerprint density at radius 3 is 2.68 bits per heavy atom. The van der Waals surface area contributed by atoms with Crippen LogP contribution in [0.4, 0.5) is 5.82 Å². The Morgan fingerprint density at radius 2 is 2.04 bits per heavy atom. The summed E-state index contributed by atoms with van der Waals surface area (Å²) in [4.78, 5) is 14.6. The molecule has 1 N–H and O–H groups in total. The van der Waals surface area contributed by atoms with E-state index >= 15 is 0 Å². The number of nitrogens with one attached hydrogen (secondary N) is 1. The highest BCUT2D eigenvalue weighted by atomic mass is 16.5. The molecular formula is C21H25N5O2. The number of amides is 1. The Labute approximate surface area is 164 Å². The third kappa shape index (κ3) is 3.99. The minimum atomic E-state index is -0.0753. The molecule has 3 aromatic rings. The number of hydrogen-bond donors (Lipinski definition) is 1. The number of para-hydroxylation sites is 1. The lowest BCUT2D eigenvalue weighted by atomic mass is 10.2. The van der Waals surface area contributed by atoms with Crippen LogP contribution in [0, 0.1) is 13.8 Å². The van der Waals surface area contributed by atoms with Crippen molar-refractivity contribution >= 4 is 11.7 Å². The summed E-state index contributed by atoms with van der Waals surface area (Å²) < 4.78 is 7.02. The summed E-state index contributed by atoms with van der Waals surface area (Å²) in [5.74, 6) is 1.95. The first-order valence-electron chi connectivity index (χ1n) is 9.57. The van der Waals surface area contributed by atoms with Gasteiger partial charge in [-0.3, -0.25) is 9.69 Å². The standard InChI is InChI=1S/C21H25N5O2/c1-14-18(15(2)28-24-14)12-25(3)13-21(27)22-20-11-19(16-9-10-16)23-26(20)17-7-5-4-6-8-17/h4-8,11,16H,9-10,12-13H2,1-3H3,(H,22,27). The fourth-order valence-corrected chi connectivity index (χ4v) is 3.31. The number of nitrogens with zero attached hydrogens (tertiary/aromatic N) is 4. The van der Waals surface area contributed by atoms with Crippen molar-refractivity contribution in [1.29, 1.82) is 0 Å². The molecule has 0 saturated heterocycles. The van der Waals surface area contributed by atoms with E-state index < -0.39 is 0 Å². The molecule has 4 rings (SSSR count). The summed E-state index contributed by atoms with van der Waals surface area (Å²) in [5, 5.41) is 11.7. The van der Waals surface area contributed by atoms with E-state index in [0.717, 1.165) is 28.4 Å². The molecule has 0 unspecified atom stereocenters. The smallest absolute Gasteiger partial charge is 0.239 e. The molecule has 0 aliphatic heterocycles. The van der Waals surface area contributed by atoms with Crippen molar-refractivity contribution in [2.45, 2.75) is 39.2 Å². The number of anilines is 1. The first-order chi connectivity index (χ1) is 13.5. The normalized spacial score (nSPS) is 13.9. The van der Waals surface area contributed by atoms with Crippen molar-refractivity contribution < 1.29 is 9.32 Å². The number of hydrogen-bond acceptors (Lipinski definition) is 5. The van der Waals surface area contributed by atoms with E-state index in [1.54, 1.807) is 0 Å². The van der Waals surface area contributed by atoms with Crippen LogP contribution in [0.1, 0.15) is 41.5 Å². The van der Waals surface area contributed by atoms with E-state index in [4.69, 9.17) is 9.62 Å². The minimum Gasteiger partial charge on any atom is -0.361 e. The number of carbonyl (C=O) groups is 1. The molecule has 1 aliphatic carbocycles. The van der Waals surface area contributed by atoms with Crippen LogP contribution >= 0.6 is 0 Å². The zero-order valence-electron chi connectivity index (χ0n) is 16.5. The van der Waals surface area contributed by atoms with Gasteiger partial charge >= 0.3 is 0 Å². The van der Waals surface area contributed by atoms with Gasteiger partial charge in [-0.05, 0) is 45.9 Å². The summed E-state index contributed by atoms with van der Waals surface area (Å²) in [6.07, 6.45) is 2.33. The zero-order chi connectivity index (χ0) is 19.7. The van der Waals surface area contributed by atoms with Gasteiger partial charge in [0.2, 0.25) is 5.91 Å². The van der Waals surface area contributed by atoms with Crippen LogP contribution < -0.4 is 5.32 Å². The molecule has 7 heteroatoms. The highest BCUT2D eigenvalue weighted by Gasteiger charge is 2.28. The third-order valence-corrected chi connectivity index (χ3v) is 5.01.